The van der Waals surface area contributed by atoms with Gasteiger partial charge < -0.3 is 16.0 Å². The van der Waals surface area contributed by atoms with Gasteiger partial charge in [-0.3, -0.25) is 9.78 Å². The largest absolute Gasteiger partial charge is 0.352 e. The predicted molar refractivity (Wildman–Crippen MR) is 84.3 cm³/mol. The van der Waals surface area contributed by atoms with Crippen molar-refractivity contribution in [3.8, 4) is 0 Å². The molecule has 22 heavy (non-hydrogen) atoms. The molecule has 0 aromatic carbocycles. The van der Waals surface area contributed by atoms with Crippen molar-refractivity contribution in [3.05, 3.63) is 30.1 Å². The maximum Gasteiger partial charge on any atom is 0.312 e. The summed E-state index contributed by atoms with van der Waals surface area (Å²) in [4.78, 5) is 28.8. The summed E-state index contributed by atoms with van der Waals surface area (Å²) in [6, 6.07) is 4.96. The van der Waals surface area contributed by atoms with Crippen molar-refractivity contribution < 1.29 is 9.59 Å². The number of carbonyl (C=O) groups excluding carboxylic acids is 2. The Balaban J connectivity index is 1.65. The van der Waals surface area contributed by atoms with Gasteiger partial charge in [-0.25, -0.2) is 4.79 Å². The zero-order valence-corrected chi connectivity index (χ0v) is 12.8. The average molecular weight is 304 g/mol. The predicted octanol–water partition coefficient (Wildman–Crippen LogP) is 1.77. The van der Waals surface area contributed by atoms with Crippen LogP contribution in [0.1, 0.15) is 42.6 Å². The number of piperidine rings is 1. The van der Waals surface area contributed by atoms with Crippen LogP contribution in [-0.2, 0) is 0 Å². The molecule has 3 N–H and O–H groups in total. The molecule has 0 bridgehead atoms. The Hall–Kier alpha value is -2.11. The zero-order valence-electron chi connectivity index (χ0n) is 12.8. The minimum absolute atomic E-state index is 0.0321. The highest BCUT2D eigenvalue weighted by Gasteiger charge is 2.23. The molecule has 120 valence electrons. The first-order valence-electron chi connectivity index (χ1n) is 7.90. The molecule has 0 radical (unpaired) electrons. The topological polar surface area (TPSA) is 88.3 Å². The molecule has 1 aromatic heterocycles. The average Bonchev–Trinajstić information content (AvgIpc) is 2.55. The maximum atomic E-state index is 12.3. The van der Waals surface area contributed by atoms with Crippen LogP contribution in [0.4, 0.5) is 4.79 Å². The third-order valence-electron chi connectivity index (χ3n) is 4.12. The van der Waals surface area contributed by atoms with E-state index in [-0.39, 0.29) is 5.91 Å². The van der Waals surface area contributed by atoms with Crippen LogP contribution < -0.4 is 11.1 Å². The minimum atomic E-state index is -0.457. The summed E-state index contributed by atoms with van der Waals surface area (Å²) < 4.78 is 0. The molecule has 1 fully saturated rings. The lowest BCUT2D eigenvalue weighted by Crippen LogP contribution is -2.38. The Bertz CT molecular complexity index is 484. The highest BCUT2D eigenvalue weighted by Crippen LogP contribution is 2.23. The van der Waals surface area contributed by atoms with E-state index in [1.807, 2.05) is 17.0 Å². The molecule has 1 saturated heterocycles. The number of primary amides is 1. The number of pyridine rings is 1. The van der Waals surface area contributed by atoms with Gasteiger partial charge in [0.05, 0.1) is 0 Å². The van der Waals surface area contributed by atoms with Crippen LogP contribution in [0.5, 0.6) is 0 Å². The van der Waals surface area contributed by atoms with E-state index < -0.39 is 6.03 Å². The van der Waals surface area contributed by atoms with E-state index in [1.54, 1.807) is 12.3 Å². The summed E-state index contributed by atoms with van der Waals surface area (Å²) in [7, 11) is 0. The second-order valence-corrected chi connectivity index (χ2v) is 5.74. The van der Waals surface area contributed by atoms with Gasteiger partial charge in [-0.05, 0) is 37.3 Å². The second kappa shape index (κ2) is 8.36. The standard InChI is InChI=1S/C16H24N4O2/c17-16(22)19-10-3-1-5-13-7-11-20(12-8-13)15(21)14-6-2-4-9-18-14/h2,4,6,9,13H,1,3,5,7-8,10-12H2,(H3,17,19,22). The lowest BCUT2D eigenvalue weighted by Gasteiger charge is -2.31. The first-order chi connectivity index (χ1) is 10.7. The molecule has 3 amide bonds. The number of nitrogens with one attached hydrogen (secondary N) is 1. The maximum absolute atomic E-state index is 12.3. The lowest BCUT2D eigenvalue weighted by atomic mass is 9.91. The molecule has 0 atom stereocenters. The van der Waals surface area contributed by atoms with Crippen molar-refractivity contribution in [2.75, 3.05) is 19.6 Å². The number of rotatable bonds is 6. The van der Waals surface area contributed by atoms with Crippen LogP contribution in [0.25, 0.3) is 0 Å². The Morgan fingerprint density at radius 3 is 2.68 bits per heavy atom. The van der Waals surface area contributed by atoms with Crippen LogP contribution in [0.3, 0.4) is 0 Å². The lowest BCUT2D eigenvalue weighted by molar-refractivity contribution is 0.0680. The number of hydrogen-bond acceptors (Lipinski definition) is 3. The van der Waals surface area contributed by atoms with Crippen LogP contribution >= 0.6 is 0 Å². The summed E-state index contributed by atoms with van der Waals surface area (Å²) in [5.74, 6) is 0.700. The molecule has 2 rings (SSSR count). The molecular formula is C16H24N4O2. The number of nitrogens with two attached hydrogens (primary N) is 1. The fourth-order valence-corrected chi connectivity index (χ4v) is 2.85. The van der Waals surface area contributed by atoms with Crippen molar-refractivity contribution in [2.24, 2.45) is 11.7 Å². The molecule has 6 heteroatoms. The Labute approximate surface area is 131 Å². The molecule has 1 aliphatic rings. The smallest absolute Gasteiger partial charge is 0.312 e. The van der Waals surface area contributed by atoms with E-state index >= 15 is 0 Å². The van der Waals surface area contributed by atoms with E-state index in [0.29, 0.717) is 18.2 Å². The van der Waals surface area contributed by atoms with Crippen LogP contribution in [0.2, 0.25) is 0 Å². The van der Waals surface area contributed by atoms with Gasteiger partial charge in [0.2, 0.25) is 0 Å². The van der Waals surface area contributed by atoms with Gasteiger partial charge in [-0.2, -0.15) is 0 Å². The molecule has 0 aliphatic carbocycles. The fourth-order valence-electron chi connectivity index (χ4n) is 2.85. The van der Waals surface area contributed by atoms with E-state index in [9.17, 15) is 9.59 Å². The summed E-state index contributed by atoms with van der Waals surface area (Å²) >= 11 is 0. The molecule has 0 unspecified atom stereocenters. The number of carbonyl (C=O) groups is 2. The number of unbranched alkanes of at least 4 members (excludes halogenated alkanes) is 1. The van der Waals surface area contributed by atoms with Crippen molar-refractivity contribution in [1.82, 2.24) is 15.2 Å². The Kier molecular flexibility index (Phi) is 6.18. The van der Waals surface area contributed by atoms with Gasteiger partial charge in [-0.15, -0.1) is 0 Å². The number of hydrogen-bond donors (Lipinski definition) is 2. The Morgan fingerprint density at radius 2 is 2.05 bits per heavy atom. The normalized spacial score (nSPS) is 15.5. The monoisotopic (exact) mass is 304 g/mol. The third kappa shape index (κ3) is 5.02. The number of aromatic nitrogens is 1. The highest BCUT2D eigenvalue weighted by molar-refractivity contribution is 5.92. The van der Waals surface area contributed by atoms with Gasteiger partial charge in [0.1, 0.15) is 5.69 Å². The summed E-state index contributed by atoms with van der Waals surface area (Å²) in [5, 5.41) is 2.60. The fraction of sp³-hybridized carbons (Fsp3) is 0.562. The van der Waals surface area contributed by atoms with Gasteiger partial charge >= 0.3 is 6.03 Å². The Morgan fingerprint density at radius 1 is 1.27 bits per heavy atom. The van der Waals surface area contributed by atoms with Crippen LogP contribution in [-0.4, -0.2) is 41.5 Å². The first kappa shape index (κ1) is 16.3. The molecule has 2 heterocycles. The van der Waals surface area contributed by atoms with E-state index in [0.717, 1.165) is 45.2 Å². The first-order valence-corrected chi connectivity index (χ1v) is 7.90. The minimum Gasteiger partial charge on any atom is -0.352 e. The van der Waals surface area contributed by atoms with E-state index in [4.69, 9.17) is 5.73 Å². The molecular weight excluding hydrogens is 280 g/mol. The van der Waals surface area contributed by atoms with E-state index in [2.05, 4.69) is 10.3 Å². The molecule has 0 saturated carbocycles. The van der Waals surface area contributed by atoms with Gasteiger partial charge in [-0.1, -0.05) is 18.9 Å². The van der Waals surface area contributed by atoms with Gasteiger partial charge in [0.25, 0.3) is 5.91 Å². The van der Waals surface area contributed by atoms with Crippen molar-refractivity contribution in [3.63, 3.8) is 0 Å². The number of nitrogens with zero attached hydrogens (tertiary/aromatic N) is 2. The molecule has 1 aromatic rings. The van der Waals surface area contributed by atoms with E-state index in [1.165, 1.54) is 0 Å². The quantitative estimate of drug-likeness (QED) is 0.785. The molecule has 1 aliphatic heterocycles. The van der Waals surface area contributed by atoms with Crippen molar-refractivity contribution in [1.29, 1.82) is 0 Å². The zero-order chi connectivity index (χ0) is 15.8. The van der Waals surface area contributed by atoms with Crippen molar-refractivity contribution in [2.45, 2.75) is 32.1 Å². The van der Waals surface area contributed by atoms with Gasteiger partial charge in [0.15, 0.2) is 0 Å². The third-order valence-corrected chi connectivity index (χ3v) is 4.12. The highest BCUT2D eigenvalue weighted by atomic mass is 16.2. The van der Waals surface area contributed by atoms with Gasteiger partial charge in [0, 0.05) is 25.8 Å². The summed E-state index contributed by atoms with van der Waals surface area (Å²) in [6.07, 6.45) is 6.92. The van der Waals surface area contributed by atoms with Crippen LogP contribution in [0, 0.1) is 5.92 Å². The molecule has 0 spiro atoms. The van der Waals surface area contributed by atoms with Crippen molar-refractivity contribution >= 4 is 11.9 Å². The number of amides is 3. The van der Waals surface area contributed by atoms with Crippen LogP contribution in [0.15, 0.2) is 24.4 Å². The summed E-state index contributed by atoms with van der Waals surface area (Å²) in [6.45, 7) is 2.26. The SMILES string of the molecule is NC(=O)NCCCCC1CCN(C(=O)c2ccccn2)CC1. The number of likely N-dealkylation sites (tertiary alicyclic amines) is 1. The molecule has 6 nitrogen and oxygen atoms in total. The second-order valence-electron chi connectivity index (χ2n) is 5.74. The summed E-state index contributed by atoms with van der Waals surface area (Å²) in [5.41, 5.74) is 5.54. The number of urea groups is 1.